The van der Waals surface area contributed by atoms with Crippen LogP contribution in [-0.4, -0.2) is 36.4 Å². The number of sulfonamides is 1. The van der Waals surface area contributed by atoms with E-state index in [1.165, 1.54) is 25.3 Å². The van der Waals surface area contributed by atoms with Crippen molar-refractivity contribution < 1.29 is 22.3 Å². The molecular formula is C25H23FN4O4S. The van der Waals surface area contributed by atoms with E-state index in [0.717, 1.165) is 6.20 Å². The molecule has 3 aromatic heterocycles. The van der Waals surface area contributed by atoms with Crippen molar-refractivity contribution in [3.05, 3.63) is 78.0 Å². The van der Waals surface area contributed by atoms with Crippen LogP contribution in [0.3, 0.4) is 0 Å². The van der Waals surface area contributed by atoms with Crippen LogP contribution in [0, 0.1) is 5.82 Å². The quantitative estimate of drug-likeness (QED) is 0.441. The number of hydrogen-bond acceptors (Lipinski definition) is 7. The number of pyridine rings is 3. The summed E-state index contributed by atoms with van der Waals surface area (Å²) < 4.78 is 46.6. The Kier molecular flexibility index (Phi) is 6.25. The van der Waals surface area contributed by atoms with Gasteiger partial charge in [0, 0.05) is 22.1 Å². The monoisotopic (exact) mass is 494 g/mol. The van der Waals surface area contributed by atoms with E-state index in [9.17, 15) is 17.6 Å². The van der Waals surface area contributed by atoms with Crippen LogP contribution < -0.4 is 9.46 Å². The van der Waals surface area contributed by atoms with Crippen molar-refractivity contribution in [3.8, 4) is 17.0 Å². The molecule has 0 bridgehead atoms. The Bertz CT molecular complexity index is 1530. The van der Waals surface area contributed by atoms with Crippen molar-refractivity contribution >= 4 is 26.8 Å². The molecule has 0 saturated heterocycles. The molecule has 0 fully saturated rings. The summed E-state index contributed by atoms with van der Waals surface area (Å²) in [7, 11) is -3.04. The molecule has 0 unspecified atom stereocenters. The lowest BCUT2D eigenvalue weighted by molar-refractivity contribution is 0.0977. The predicted molar refractivity (Wildman–Crippen MR) is 129 cm³/mol. The van der Waals surface area contributed by atoms with Crippen LogP contribution in [0.4, 0.5) is 4.39 Å². The molecular weight excluding hydrogens is 471 g/mol. The fourth-order valence-corrected chi connectivity index (χ4v) is 4.54. The Morgan fingerprint density at radius 2 is 1.77 bits per heavy atom. The van der Waals surface area contributed by atoms with Crippen molar-refractivity contribution in [2.24, 2.45) is 0 Å². The first kappa shape index (κ1) is 24.2. The molecule has 1 amide bonds. The van der Waals surface area contributed by atoms with Crippen LogP contribution in [0.15, 0.2) is 65.8 Å². The van der Waals surface area contributed by atoms with Gasteiger partial charge < -0.3 is 4.74 Å². The normalized spacial score (nSPS) is 11.9. The van der Waals surface area contributed by atoms with Crippen LogP contribution in [0.2, 0.25) is 0 Å². The van der Waals surface area contributed by atoms with Gasteiger partial charge in [-0.1, -0.05) is 32.9 Å². The number of nitrogens with zero attached hydrogens (tertiary/aromatic N) is 3. The van der Waals surface area contributed by atoms with E-state index in [-0.39, 0.29) is 16.5 Å². The van der Waals surface area contributed by atoms with E-state index < -0.39 is 27.2 Å². The SMILES string of the molecule is COc1ccc(C(C)(C)C)nc1S(=O)(=O)NC(=O)c1ccc2c(-c3ccc(F)cn3)cccc2n1. The zero-order valence-electron chi connectivity index (χ0n) is 19.5. The number of nitrogens with one attached hydrogen (secondary N) is 1. The molecule has 10 heteroatoms. The van der Waals surface area contributed by atoms with E-state index in [1.807, 2.05) is 25.5 Å². The molecule has 0 atom stereocenters. The summed E-state index contributed by atoms with van der Waals surface area (Å²) in [6.07, 6.45) is 1.12. The Hall–Kier alpha value is -3.92. The van der Waals surface area contributed by atoms with Crippen molar-refractivity contribution in [3.63, 3.8) is 0 Å². The Balaban J connectivity index is 1.68. The Morgan fingerprint density at radius 3 is 2.43 bits per heavy atom. The highest BCUT2D eigenvalue weighted by molar-refractivity contribution is 7.90. The third-order valence-corrected chi connectivity index (χ3v) is 6.52. The highest BCUT2D eigenvalue weighted by Crippen LogP contribution is 2.29. The summed E-state index contributed by atoms with van der Waals surface area (Å²) >= 11 is 0. The predicted octanol–water partition coefficient (Wildman–Crippen LogP) is 4.26. The van der Waals surface area contributed by atoms with Gasteiger partial charge in [0.05, 0.1) is 24.5 Å². The van der Waals surface area contributed by atoms with E-state index in [4.69, 9.17) is 4.74 Å². The maximum atomic E-state index is 13.3. The smallest absolute Gasteiger partial charge is 0.285 e. The maximum Gasteiger partial charge on any atom is 0.285 e. The van der Waals surface area contributed by atoms with Crippen molar-refractivity contribution in [1.82, 2.24) is 19.7 Å². The van der Waals surface area contributed by atoms with Gasteiger partial charge in [-0.25, -0.2) is 19.1 Å². The zero-order valence-corrected chi connectivity index (χ0v) is 20.4. The van der Waals surface area contributed by atoms with Crippen LogP contribution in [0.25, 0.3) is 22.2 Å². The highest BCUT2D eigenvalue weighted by Gasteiger charge is 2.28. The number of hydrogen-bond donors (Lipinski definition) is 1. The number of methoxy groups -OCH3 is 1. The number of carbonyl (C=O) groups excluding carboxylic acids is 1. The second kappa shape index (κ2) is 9.03. The average Bonchev–Trinajstić information content (AvgIpc) is 2.82. The molecule has 35 heavy (non-hydrogen) atoms. The van der Waals surface area contributed by atoms with E-state index in [2.05, 4.69) is 15.0 Å². The van der Waals surface area contributed by atoms with Crippen molar-refractivity contribution in [2.75, 3.05) is 7.11 Å². The van der Waals surface area contributed by atoms with Gasteiger partial charge in [-0.15, -0.1) is 0 Å². The molecule has 3 heterocycles. The number of benzene rings is 1. The minimum absolute atomic E-state index is 0.0150. The fourth-order valence-electron chi connectivity index (χ4n) is 3.46. The summed E-state index contributed by atoms with van der Waals surface area (Å²) in [5.41, 5.74) is 1.69. The van der Waals surface area contributed by atoms with E-state index in [0.29, 0.717) is 27.9 Å². The first-order valence-corrected chi connectivity index (χ1v) is 12.1. The number of amides is 1. The van der Waals surface area contributed by atoms with Crippen LogP contribution >= 0.6 is 0 Å². The number of ether oxygens (including phenoxy) is 1. The lowest BCUT2D eigenvalue weighted by Crippen LogP contribution is -2.32. The summed E-state index contributed by atoms with van der Waals surface area (Å²) in [6, 6.07) is 14.3. The van der Waals surface area contributed by atoms with Crippen LogP contribution in [0.1, 0.15) is 37.0 Å². The summed E-state index contributed by atoms with van der Waals surface area (Å²) in [4.78, 5) is 25.6. The summed E-state index contributed by atoms with van der Waals surface area (Å²) in [6.45, 7) is 5.68. The first-order chi connectivity index (χ1) is 16.5. The largest absolute Gasteiger partial charge is 0.494 e. The molecule has 1 N–H and O–H groups in total. The van der Waals surface area contributed by atoms with Gasteiger partial charge in [-0.2, -0.15) is 8.42 Å². The standard InChI is InChI=1S/C25H23FN4O4S/c1-25(2,3)22-13-12-21(34-4)24(29-22)35(32,33)30-23(31)20-11-9-17-16(6-5-7-19(17)28-20)18-10-8-15(26)14-27-18/h5-14H,1-4H3,(H,30,31). The van der Waals surface area contributed by atoms with Gasteiger partial charge in [0.25, 0.3) is 15.9 Å². The highest BCUT2D eigenvalue weighted by atomic mass is 32.2. The number of halogens is 1. The average molecular weight is 495 g/mol. The van der Waals surface area contributed by atoms with E-state index >= 15 is 0 Å². The van der Waals surface area contributed by atoms with Gasteiger partial charge >= 0.3 is 0 Å². The Labute approximate surface area is 202 Å². The first-order valence-electron chi connectivity index (χ1n) is 10.6. The van der Waals surface area contributed by atoms with Gasteiger partial charge in [0.1, 0.15) is 11.5 Å². The lowest BCUT2D eigenvalue weighted by atomic mass is 9.92. The molecule has 0 saturated carbocycles. The van der Waals surface area contributed by atoms with Gasteiger partial charge in [0.15, 0.2) is 5.75 Å². The number of aromatic nitrogens is 3. The lowest BCUT2D eigenvalue weighted by Gasteiger charge is -2.19. The number of rotatable bonds is 5. The number of fused-ring (bicyclic) bond motifs is 1. The molecule has 0 aliphatic carbocycles. The molecule has 0 aliphatic rings. The second-order valence-corrected chi connectivity index (χ2v) is 10.4. The summed E-state index contributed by atoms with van der Waals surface area (Å²) in [5, 5.41) is 0.290. The fraction of sp³-hybridized carbons (Fsp3) is 0.200. The molecule has 0 aliphatic heterocycles. The molecule has 4 aromatic rings. The molecule has 0 spiro atoms. The van der Waals surface area contributed by atoms with Gasteiger partial charge in [-0.3, -0.25) is 9.78 Å². The Morgan fingerprint density at radius 1 is 1.00 bits per heavy atom. The third-order valence-electron chi connectivity index (χ3n) is 5.26. The second-order valence-electron chi connectivity index (χ2n) is 8.82. The van der Waals surface area contributed by atoms with Gasteiger partial charge in [-0.05, 0) is 42.5 Å². The molecule has 180 valence electrons. The van der Waals surface area contributed by atoms with Crippen molar-refractivity contribution in [2.45, 2.75) is 31.2 Å². The third kappa shape index (κ3) is 4.97. The molecule has 0 radical (unpaired) electrons. The zero-order chi connectivity index (χ0) is 25.4. The minimum atomic E-state index is -4.36. The minimum Gasteiger partial charge on any atom is -0.494 e. The van der Waals surface area contributed by atoms with Gasteiger partial charge in [0.2, 0.25) is 5.03 Å². The maximum absolute atomic E-state index is 13.3. The van der Waals surface area contributed by atoms with E-state index in [1.54, 1.807) is 36.4 Å². The molecule has 4 rings (SSSR count). The topological polar surface area (TPSA) is 111 Å². The molecule has 1 aromatic carbocycles. The van der Waals surface area contributed by atoms with Crippen molar-refractivity contribution in [1.29, 1.82) is 0 Å². The van der Waals surface area contributed by atoms with Crippen LogP contribution in [-0.2, 0) is 15.4 Å². The molecule has 8 nitrogen and oxygen atoms in total. The number of carbonyl (C=O) groups is 1. The van der Waals surface area contributed by atoms with Crippen LogP contribution in [0.5, 0.6) is 5.75 Å². The summed E-state index contributed by atoms with van der Waals surface area (Å²) in [5.74, 6) is -1.35.